The molecule has 2 rings (SSSR count). The number of aromatic nitrogens is 3. The second-order valence-electron chi connectivity index (χ2n) is 4.09. The van der Waals surface area contributed by atoms with Gasteiger partial charge in [-0.3, -0.25) is 9.89 Å². The van der Waals surface area contributed by atoms with Crippen LogP contribution in [0.4, 0.5) is 0 Å². The Balaban J connectivity index is 1.95. The van der Waals surface area contributed by atoms with E-state index in [9.17, 15) is 4.79 Å². The molecule has 0 aliphatic rings. The van der Waals surface area contributed by atoms with Crippen LogP contribution in [-0.4, -0.2) is 21.1 Å². The maximum absolute atomic E-state index is 11.8. The lowest BCUT2D eigenvalue weighted by atomic mass is 10.2. The van der Waals surface area contributed by atoms with E-state index in [0.29, 0.717) is 6.54 Å². The molecule has 2 aromatic rings. The summed E-state index contributed by atoms with van der Waals surface area (Å²) < 4.78 is 1.05. The number of hydrogen-bond acceptors (Lipinski definition) is 4. The second kappa shape index (κ2) is 5.62. The summed E-state index contributed by atoms with van der Waals surface area (Å²) in [6.45, 7) is 4.47. The molecule has 0 aliphatic carbocycles. The molecule has 0 saturated heterocycles. The highest BCUT2D eigenvalue weighted by atomic mass is 79.9. The second-order valence-corrected chi connectivity index (χ2v) is 6.64. The molecule has 0 spiro atoms. The van der Waals surface area contributed by atoms with Crippen LogP contribution < -0.4 is 5.32 Å². The Bertz CT molecular complexity index is 549. The molecule has 0 aromatic carbocycles. The van der Waals surface area contributed by atoms with E-state index >= 15 is 0 Å². The van der Waals surface area contributed by atoms with E-state index in [0.717, 1.165) is 14.5 Å². The molecule has 0 radical (unpaired) electrons. The fourth-order valence-electron chi connectivity index (χ4n) is 1.33. The van der Waals surface area contributed by atoms with E-state index in [1.165, 1.54) is 0 Å². The van der Waals surface area contributed by atoms with Crippen LogP contribution in [0.15, 0.2) is 15.9 Å². The van der Waals surface area contributed by atoms with E-state index in [-0.39, 0.29) is 17.6 Å². The van der Waals surface area contributed by atoms with Gasteiger partial charge < -0.3 is 5.32 Å². The molecule has 0 unspecified atom stereocenters. The number of thiophene rings is 1. The maximum atomic E-state index is 11.8. The third-order valence-electron chi connectivity index (χ3n) is 2.30. The predicted molar refractivity (Wildman–Crippen MR) is 73.7 cm³/mol. The van der Waals surface area contributed by atoms with E-state index in [1.807, 2.05) is 26.0 Å². The van der Waals surface area contributed by atoms with Gasteiger partial charge in [0, 0.05) is 10.8 Å². The molecule has 0 aliphatic heterocycles. The minimum Gasteiger partial charge on any atom is -0.344 e. The smallest absolute Gasteiger partial charge is 0.291 e. The van der Waals surface area contributed by atoms with Gasteiger partial charge in [0.1, 0.15) is 5.82 Å². The standard InChI is InChI=1S/C11H13BrN4OS/c1-6(2)9-14-10(16-15-9)11(17)13-5-7-3-4-8(12)18-7/h3-4,6H,5H2,1-2H3,(H,13,17)(H,14,15,16). The van der Waals surface area contributed by atoms with Crippen LogP contribution in [0.25, 0.3) is 0 Å². The fraction of sp³-hybridized carbons (Fsp3) is 0.364. The number of rotatable bonds is 4. The molecule has 2 heterocycles. The Morgan fingerprint density at radius 3 is 2.89 bits per heavy atom. The van der Waals surface area contributed by atoms with Crippen molar-refractivity contribution in [3.8, 4) is 0 Å². The summed E-state index contributed by atoms with van der Waals surface area (Å²) in [6, 6.07) is 3.92. The predicted octanol–water partition coefficient (Wildman–Crippen LogP) is 2.68. The van der Waals surface area contributed by atoms with Gasteiger partial charge in [-0.05, 0) is 28.1 Å². The van der Waals surface area contributed by atoms with Crippen molar-refractivity contribution in [3.63, 3.8) is 0 Å². The topological polar surface area (TPSA) is 70.7 Å². The van der Waals surface area contributed by atoms with E-state index in [1.54, 1.807) is 11.3 Å². The third-order valence-corrected chi connectivity index (χ3v) is 3.93. The number of halogens is 1. The first kappa shape index (κ1) is 13.2. The first-order valence-corrected chi connectivity index (χ1v) is 7.12. The van der Waals surface area contributed by atoms with Crippen LogP contribution >= 0.6 is 27.3 Å². The first-order valence-electron chi connectivity index (χ1n) is 5.51. The lowest BCUT2D eigenvalue weighted by Gasteiger charge is -1.99. The van der Waals surface area contributed by atoms with Gasteiger partial charge in [-0.25, -0.2) is 4.98 Å². The van der Waals surface area contributed by atoms with Gasteiger partial charge in [-0.1, -0.05) is 13.8 Å². The zero-order valence-corrected chi connectivity index (χ0v) is 12.4. The van der Waals surface area contributed by atoms with E-state index < -0.39 is 0 Å². The summed E-state index contributed by atoms with van der Waals surface area (Å²) in [4.78, 5) is 17.0. The van der Waals surface area contributed by atoms with Crippen molar-refractivity contribution in [2.45, 2.75) is 26.3 Å². The normalized spacial score (nSPS) is 10.9. The van der Waals surface area contributed by atoms with Crippen LogP contribution in [-0.2, 0) is 6.54 Å². The average Bonchev–Trinajstić information content (AvgIpc) is 2.94. The zero-order valence-electron chi connectivity index (χ0n) is 10.0. The number of hydrogen-bond donors (Lipinski definition) is 2. The van der Waals surface area contributed by atoms with Gasteiger partial charge in [0.2, 0.25) is 5.82 Å². The largest absolute Gasteiger partial charge is 0.344 e. The monoisotopic (exact) mass is 328 g/mol. The summed E-state index contributed by atoms with van der Waals surface area (Å²) >= 11 is 4.97. The number of amides is 1. The molecule has 0 fully saturated rings. The zero-order chi connectivity index (χ0) is 13.1. The van der Waals surface area contributed by atoms with Crippen molar-refractivity contribution in [1.82, 2.24) is 20.5 Å². The summed E-state index contributed by atoms with van der Waals surface area (Å²) in [6.07, 6.45) is 0. The van der Waals surface area contributed by atoms with E-state index in [2.05, 4.69) is 36.4 Å². The minimum atomic E-state index is -0.261. The highest BCUT2D eigenvalue weighted by Gasteiger charge is 2.13. The summed E-state index contributed by atoms with van der Waals surface area (Å²) in [5.41, 5.74) is 0. The lowest BCUT2D eigenvalue weighted by Crippen LogP contribution is -2.23. The van der Waals surface area contributed by atoms with Crippen LogP contribution in [0.1, 0.15) is 41.1 Å². The maximum Gasteiger partial charge on any atom is 0.291 e. The van der Waals surface area contributed by atoms with Gasteiger partial charge in [0.05, 0.1) is 10.3 Å². The molecule has 5 nitrogen and oxygen atoms in total. The van der Waals surface area contributed by atoms with Crippen molar-refractivity contribution in [2.75, 3.05) is 0 Å². The van der Waals surface area contributed by atoms with Gasteiger partial charge in [-0.2, -0.15) is 0 Å². The van der Waals surface area contributed by atoms with Crippen LogP contribution in [0.2, 0.25) is 0 Å². The molecule has 7 heteroatoms. The average molecular weight is 329 g/mol. The van der Waals surface area contributed by atoms with Crippen molar-refractivity contribution in [3.05, 3.63) is 32.4 Å². The van der Waals surface area contributed by atoms with Crippen LogP contribution in [0.5, 0.6) is 0 Å². The molecular weight excluding hydrogens is 316 g/mol. The molecule has 0 bridgehead atoms. The van der Waals surface area contributed by atoms with Crippen LogP contribution in [0.3, 0.4) is 0 Å². The van der Waals surface area contributed by atoms with Gasteiger partial charge in [-0.15, -0.1) is 16.4 Å². The highest BCUT2D eigenvalue weighted by Crippen LogP contribution is 2.21. The van der Waals surface area contributed by atoms with Crippen molar-refractivity contribution in [1.29, 1.82) is 0 Å². The Morgan fingerprint density at radius 1 is 1.56 bits per heavy atom. The van der Waals surface area contributed by atoms with Gasteiger partial charge in [0.25, 0.3) is 5.91 Å². The summed E-state index contributed by atoms with van der Waals surface area (Å²) in [5.74, 6) is 0.878. The SMILES string of the molecule is CC(C)c1nc(C(=O)NCc2ccc(Br)s2)n[nH]1. The molecule has 2 N–H and O–H groups in total. The van der Waals surface area contributed by atoms with Crippen molar-refractivity contribution < 1.29 is 4.79 Å². The molecule has 0 atom stereocenters. The van der Waals surface area contributed by atoms with Crippen LogP contribution in [0, 0.1) is 0 Å². The Morgan fingerprint density at radius 2 is 2.33 bits per heavy atom. The lowest BCUT2D eigenvalue weighted by molar-refractivity contribution is 0.0941. The fourth-order valence-corrected chi connectivity index (χ4v) is 2.75. The Hall–Kier alpha value is -1.21. The first-order chi connectivity index (χ1) is 8.56. The Labute approximate surface area is 117 Å². The third kappa shape index (κ3) is 3.17. The minimum absolute atomic E-state index is 0.189. The number of nitrogens with one attached hydrogen (secondary N) is 2. The summed E-state index contributed by atoms with van der Waals surface area (Å²) in [7, 11) is 0. The van der Waals surface area contributed by atoms with Crippen molar-refractivity contribution in [2.24, 2.45) is 0 Å². The molecule has 0 saturated carbocycles. The number of H-pyrrole nitrogens is 1. The van der Waals surface area contributed by atoms with E-state index in [4.69, 9.17) is 0 Å². The van der Waals surface area contributed by atoms with Gasteiger partial charge in [0.15, 0.2) is 0 Å². The number of carbonyl (C=O) groups excluding carboxylic acids is 1. The summed E-state index contributed by atoms with van der Waals surface area (Å²) in [5, 5.41) is 9.45. The molecular formula is C11H13BrN4OS. The molecule has 96 valence electrons. The van der Waals surface area contributed by atoms with Crippen molar-refractivity contribution >= 4 is 33.2 Å². The van der Waals surface area contributed by atoms with Gasteiger partial charge >= 0.3 is 0 Å². The quantitative estimate of drug-likeness (QED) is 0.906. The Kier molecular flexibility index (Phi) is 4.13. The molecule has 2 aromatic heterocycles. The molecule has 1 amide bonds. The highest BCUT2D eigenvalue weighted by molar-refractivity contribution is 9.11. The number of nitrogens with zero attached hydrogens (tertiary/aromatic N) is 2. The number of aromatic amines is 1. The number of carbonyl (C=O) groups is 1. The molecule has 18 heavy (non-hydrogen) atoms.